The minimum Gasteiger partial charge on any atom is -0.491 e. The molecule has 73 heavy (non-hydrogen) atoms. The topological polar surface area (TPSA) is 90.4 Å². The lowest BCUT2D eigenvalue weighted by Crippen LogP contribution is -2.22. The van der Waals surface area contributed by atoms with E-state index in [1.165, 1.54) is 44.5 Å². The SMILES string of the molecule is CC(C)(C)c1cc2c(OCc3ccccn3)c(c1)Cc1cc3cc(c1C(C)(C)C)Cc1cc(cc(c1C(C)(C)C)Cc1cc(C(C)(C)C)cc(c1OCc1ccccn1)C2)OCCOCCOCCOCCO3. The van der Waals surface area contributed by atoms with E-state index in [2.05, 4.69) is 132 Å². The van der Waals surface area contributed by atoms with Gasteiger partial charge in [-0.3, -0.25) is 9.97 Å². The van der Waals surface area contributed by atoms with Gasteiger partial charge >= 0.3 is 0 Å². The molecule has 9 nitrogen and oxygen atoms in total. The molecule has 3 heterocycles. The first-order valence-electron chi connectivity index (χ1n) is 26.4. The molecule has 0 radical (unpaired) electrons. The van der Waals surface area contributed by atoms with Crippen LogP contribution in [-0.2, 0) is 74.8 Å². The van der Waals surface area contributed by atoms with Gasteiger partial charge in [0, 0.05) is 31.7 Å². The quantitative estimate of drug-likeness (QED) is 0.162. The zero-order valence-corrected chi connectivity index (χ0v) is 45.9. The summed E-state index contributed by atoms with van der Waals surface area (Å²) >= 11 is 0. The predicted molar refractivity (Wildman–Crippen MR) is 292 cm³/mol. The Labute approximate surface area is 436 Å². The second-order valence-corrected chi connectivity index (χ2v) is 23.9. The van der Waals surface area contributed by atoms with Crippen LogP contribution in [0.4, 0.5) is 0 Å². The van der Waals surface area contributed by atoms with Gasteiger partial charge in [0.25, 0.3) is 0 Å². The fourth-order valence-electron chi connectivity index (χ4n) is 10.5. The van der Waals surface area contributed by atoms with Crippen molar-refractivity contribution >= 4 is 0 Å². The molecule has 8 rings (SSSR count). The highest BCUT2D eigenvalue weighted by atomic mass is 16.6. The van der Waals surface area contributed by atoms with Crippen molar-refractivity contribution in [1.82, 2.24) is 9.97 Å². The Hall–Kier alpha value is -5.74. The molecule has 2 aromatic heterocycles. The van der Waals surface area contributed by atoms with Crippen molar-refractivity contribution < 1.29 is 33.2 Å². The minimum atomic E-state index is -0.248. The number of fused-ring (bicyclic) bond motifs is 8. The number of benzene rings is 4. The monoisotopic (exact) mass is 989 g/mol. The largest absolute Gasteiger partial charge is 0.491 e. The molecule has 2 aliphatic rings. The fourth-order valence-corrected chi connectivity index (χ4v) is 10.5. The van der Waals surface area contributed by atoms with Gasteiger partial charge in [-0.15, -0.1) is 0 Å². The van der Waals surface area contributed by atoms with Crippen molar-refractivity contribution in [2.45, 2.75) is 144 Å². The Morgan fingerprint density at radius 1 is 0.384 bits per heavy atom. The van der Waals surface area contributed by atoms with Gasteiger partial charge in [0.15, 0.2) is 0 Å². The van der Waals surface area contributed by atoms with Crippen LogP contribution in [0.15, 0.2) is 97.3 Å². The van der Waals surface area contributed by atoms with Crippen molar-refractivity contribution in [3.05, 3.63) is 175 Å². The number of hydrogen-bond donors (Lipinski definition) is 0. The molecule has 0 fully saturated rings. The van der Waals surface area contributed by atoms with Crippen LogP contribution in [0.2, 0.25) is 0 Å². The fraction of sp³-hybridized carbons (Fsp3) is 0.469. The first kappa shape index (κ1) is 53.5. The molecule has 4 aromatic carbocycles. The van der Waals surface area contributed by atoms with Gasteiger partial charge in [0.05, 0.1) is 51.0 Å². The highest BCUT2D eigenvalue weighted by Crippen LogP contribution is 2.45. The average Bonchev–Trinajstić information content (AvgIpc) is 3.31. The van der Waals surface area contributed by atoms with Gasteiger partial charge in [0.1, 0.15) is 49.4 Å². The molecule has 0 atom stereocenters. The molecule has 0 unspecified atom stereocenters. The number of ether oxygens (including phenoxy) is 7. The second kappa shape index (κ2) is 22.8. The highest BCUT2D eigenvalue weighted by Gasteiger charge is 2.31. The smallest absolute Gasteiger partial charge is 0.130 e. The number of pyridine rings is 2. The molecule has 1 aliphatic heterocycles. The van der Waals surface area contributed by atoms with E-state index >= 15 is 0 Å². The second-order valence-electron chi connectivity index (χ2n) is 23.9. The van der Waals surface area contributed by atoms with Crippen LogP contribution in [0.3, 0.4) is 0 Å². The van der Waals surface area contributed by atoms with Crippen molar-refractivity contribution in [2.24, 2.45) is 0 Å². The summed E-state index contributed by atoms with van der Waals surface area (Å²) in [5.41, 5.74) is 15.2. The van der Waals surface area contributed by atoms with Gasteiger partial charge < -0.3 is 33.2 Å². The van der Waals surface area contributed by atoms with Crippen LogP contribution in [-0.4, -0.2) is 62.8 Å². The summed E-state index contributed by atoms with van der Waals surface area (Å²) in [7, 11) is 0. The van der Waals surface area contributed by atoms with Crippen LogP contribution < -0.4 is 18.9 Å². The molecular formula is C64H80N2O7. The standard InChI is InChI=1S/C64H80N2O7/c1-61(2,3)51-33-47-30-45-39-55-37-43(57(45)63(7,8)9)29-44-38-56(71-28-26-69-24-22-67-21-23-68-25-27-70-55)40-46(58(44)64(10,11)12)31-48-34-52(62(4,5)6)36-50(60(48)73-42-54-18-14-16-20-66-54)32-49(35-51)59(47)72-41-53-17-13-15-19-65-53/h13-20,33-40H,21-32,41-42H2,1-12H3. The third-order valence-electron chi connectivity index (χ3n) is 13.7. The number of nitrogens with zero attached hydrogens (tertiary/aromatic N) is 2. The molecule has 0 N–H and O–H groups in total. The highest BCUT2D eigenvalue weighted by molar-refractivity contribution is 5.59. The Morgan fingerprint density at radius 2 is 0.699 bits per heavy atom. The van der Waals surface area contributed by atoms with Crippen LogP contribution >= 0.6 is 0 Å². The number of aromatic nitrogens is 2. The molecule has 0 spiro atoms. The molecule has 9 heteroatoms. The van der Waals surface area contributed by atoms with Crippen LogP contribution in [0, 0.1) is 0 Å². The summed E-state index contributed by atoms with van der Waals surface area (Å²) < 4.78 is 45.7. The normalized spacial score (nSPS) is 15.5. The number of hydrogen-bond acceptors (Lipinski definition) is 9. The van der Waals surface area contributed by atoms with E-state index < -0.39 is 0 Å². The Morgan fingerprint density at radius 3 is 1.00 bits per heavy atom. The molecule has 388 valence electrons. The summed E-state index contributed by atoms with van der Waals surface area (Å²) in [6, 6.07) is 30.6. The molecule has 6 aromatic rings. The lowest BCUT2D eigenvalue weighted by Gasteiger charge is -2.32. The van der Waals surface area contributed by atoms with Gasteiger partial charge in [-0.2, -0.15) is 0 Å². The summed E-state index contributed by atoms with van der Waals surface area (Å²) in [6.07, 6.45) is 6.10. The van der Waals surface area contributed by atoms with Gasteiger partial charge in [-0.25, -0.2) is 0 Å². The maximum absolute atomic E-state index is 7.20. The van der Waals surface area contributed by atoms with Crippen LogP contribution in [0.25, 0.3) is 0 Å². The summed E-state index contributed by atoms with van der Waals surface area (Å²) in [6.45, 7) is 32.1. The molecular weight excluding hydrogens is 909 g/mol. The van der Waals surface area contributed by atoms with E-state index in [0.717, 1.165) is 56.6 Å². The molecule has 0 saturated carbocycles. The lowest BCUT2D eigenvalue weighted by atomic mass is 9.74. The van der Waals surface area contributed by atoms with E-state index in [1.807, 2.05) is 48.8 Å². The van der Waals surface area contributed by atoms with E-state index in [0.29, 0.717) is 91.8 Å². The van der Waals surface area contributed by atoms with E-state index in [4.69, 9.17) is 43.1 Å². The first-order chi connectivity index (χ1) is 34.7. The Balaban J connectivity index is 1.46. The zero-order valence-electron chi connectivity index (χ0n) is 45.9. The van der Waals surface area contributed by atoms with Crippen LogP contribution in [0.1, 0.15) is 161 Å². The average molecular weight is 989 g/mol. The molecule has 1 aliphatic carbocycles. The number of rotatable bonds is 6. The molecule has 0 saturated heterocycles. The summed E-state index contributed by atoms with van der Waals surface area (Å²) in [5, 5.41) is 0. The third kappa shape index (κ3) is 13.9. The zero-order chi connectivity index (χ0) is 52.0. The van der Waals surface area contributed by atoms with E-state index in [1.54, 1.807) is 0 Å². The maximum Gasteiger partial charge on any atom is 0.130 e. The Kier molecular flexibility index (Phi) is 16.7. The van der Waals surface area contributed by atoms with Crippen molar-refractivity contribution in [1.29, 1.82) is 0 Å². The lowest BCUT2D eigenvalue weighted by molar-refractivity contribution is 0.00497. The summed E-state index contributed by atoms with van der Waals surface area (Å²) in [5.74, 6) is 3.37. The van der Waals surface area contributed by atoms with Crippen molar-refractivity contribution in [3.8, 4) is 23.0 Å². The first-order valence-corrected chi connectivity index (χ1v) is 26.4. The van der Waals surface area contributed by atoms with Gasteiger partial charge in [-0.05, 0) is 143 Å². The predicted octanol–water partition coefficient (Wildman–Crippen LogP) is 13.3. The molecule has 0 amide bonds. The van der Waals surface area contributed by atoms with E-state index in [9.17, 15) is 0 Å². The molecule has 10 bridgehead atoms. The third-order valence-corrected chi connectivity index (χ3v) is 13.7. The minimum absolute atomic E-state index is 0.175. The van der Waals surface area contributed by atoms with Crippen molar-refractivity contribution in [2.75, 3.05) is 52.9 Å². The maximum atomic E-state index is 7.20. The Bertz CT molecular complexity index is 2620. The van der Waals surface area contributed by atoms with Gasteiger partial charge in [0.2, 0.25) is 0 Å². The summed E-state index contributed by atoms with van der Waals surface area (Å²) in [4.78, 5) is 9.44. The van der Waals surface area contributed by atoms with Crippen LogP contribution in [0.5, 0.6) is 23.0 Å². The van der Waals surface area contributed by atoms with Gasteiger partial charge in [-0.1, -0.05) is 119 Å². The van der Waals surface area contributed by atoms with E-state index in [-0.39, 0.29) is 21.7 Å². The van der Waals surface area contributed by atoms with Crippen molar-refractivity contribution in [3.63, 3.8) is 0 Å².